The summed E-state index contributed by atoms with van der Waals surface area (Å²) in [6, 6.07) is 14.5. The highest BCUT2D eigenvalue weighted by atomic mass is 32.1. The van der Waals surface area contributed by atoms with Crippen LogP contribution in [0.5, 0.6) is 0 Å². The summed E-state index contributed by atoms with van der Waals surface area (Å²) in [7, 11) is 0. The second kappa shape index (κ2) is 8.49. The lowest BCUT2D eigenvalue weighted by Crippen LogP contribution is -2.32. The molecule has 7 nitrogen and oxygen atoms in total. The van der Waals surface area contributed by atoms with Crippen molar-refractivity contribution in [1.29, 1.82) is 0 Å². The van der Waals surface area contributed by atoms with E-state index >= 15 is 0 Å². The van der Waals surface area contributed by atoms with E-state index in [-0.39, 0.29) is 24.3 Å². The number of carbonyl (C=O) groups is 1. The van der Waals surface area contributed by atoms with Crippen molar-refractivity contribution in [2.24, 2.45) is 0 Å². The van der Waals surface area contributed by atoms with Crippen LogP contribution < -0.4 is 5.32 Å². The fourth-order valence-corrected chi connectivity index (χ4v) is 4.69. The van der Waals surface area contributed by atoms with Crippen molar-refractivity contribution in [3.05, 3.63) is 82.9 Å². The SMILES string of the molecule is Cc1cc([C@H]2[C@@H](c3ccccn3)NC(=S)N2CCO)c(C)n1-c1cccc(C(=O)O)c1. The summed E-state index contributed by atoms with van der Waals surface area (Å²) in [5, 5.41) is 23.0. The molecule has 0 saturated carbocycles. The highest BCUT2D eigenvalue weighted by Gasteiger charge is 2.41. The number of nitrogens with zero attached hydrogens (tertiary/aromatic N) is 3. The third-order valence-corrected chi connectivity index (χ3v) is 6.03. The van der Waals surface area contributed by atoms with Gasteiger partial charge in [-0.2, -0.15) is 0 Å². The number of aliphatic hydroxyl groups is 1. The van der Waals surface area contributed by atoms with Gasteiger partial charge in [-0.05, 0) is 68.0 Å². The van der Waals surface area contributed by atoms with E-state index in [0.29, 0.717) is 11.7 Å². The number of hydrogen-bond donors (Lipinski definition) is 3. The Morgan fingerprint density at radius 3 is 2.68 bits per heavy atom. The van der Waals surface area contributed by atoms with E-state index in [1.54, 1.807) is 24.4 Å². The Morgan fingerprint density at radius 2 is 2.00 bits per heavy atom. The molecule has 2 atom stereocenters. The molecule has 1 aliphatic rings. The average Bonchev–Trinajstić information content (AvgIpc) is 3.24. The predicted molar refractivity (Wildman–Crippen MR) is 121 cm³/mol. The number of β-amino-alcohol motifs (C(OH)–C–C–N with tert-alkyl or cyclic N) is 1. The first-order chi connectivity index (χ1) is 14.9. The summed E-state index contributed by atoms with van der Waals surface area (Å²) in [6.07, 6.45) is 1.76. The number of thiocarbonyl (C=S) groups is 1. The highest BCUT2D eigenvalue weighted by Crippen LogP contribution is 2.41. The molecule has 0 spiro atoms. The molecule has 160 valence electrons. The van der Waals surface area contributed by atoms with Gasteiger partial charge in [0, 0.05) is 29.8 Å². The first-order valence-corrected chi connectivity index (χ1v) is 10.4. The standard InChI is InChI=1S/C23H24N4O3S/c1-14-12-18(15(2)27(14)17-7-5-6-16(13-17)22(29)30)21-20(19-8-3-4-9-24-19)25-23(31)26(21)10-11-28/h3-9,12-13,20-21,28H,10-11H2,1-2H3,(H,25,31)(H,29,30)/t20-,21+/m1/s1. The molecule has 0 radical (unpaired) electrons. The summed E-state index contributed by atoms with van der Waals surface area (Å²) < 4.78 is 2.05. The zero-order valence-electron chi connectivity index (χ0n) is 17.3. The van der Waals surface area contributed by atoms with Crippen molar-refractivity contribution in [2.75, 3.05) is 13.2 Å². The first-order valence-electron chi connectivity index (χ1n) is 10.0. The van der Waals surface area contributed by atoms with Crippen LogP contribution in [-0.4, -0.2) is 48.9 Å². The Kier molecular flexibility index (Phi) is 5.75. The maximum absolute atomic E-state index is 11.5. The molecule has 31 heavy (non-hydrogen) atoms. The van der Waals surface area contributed by atoms with Crippen molar-refractivity contribution in [3.63, 3.8) is 0 Å². The van der Waals surface area contributed by atoms with E-state index in [2.05, 4.69) is 20.9 Å². The number of carboxylic acid groups (broad SMARTS) is 1. The molecule has 1 saturated heterocycles. The number of aromatic nitrogens is 2. The van der Waals surface area contributed by atoms with E-state index < -0.39 is 5.97 Å². The van der Waals surface area contributed by atoms with Gasteiger partial charge in [0.15, 0.2) is 5.11 Å². The van der Waals surface area contributed by atoms with Crippen LogP contribution in [0.1, 0.15) is 45.1 Å². The molecule has 2 aromatic heterocycles. The van der Waals surface area contributed by atoms with Crippen LogP contribution in [0.3, 0.4) is 0 Å². The Balaban J connectivity index is 1.83. The zero-order chi connectivity index (χ0) is 22.1. The molecular weight excluding hydrogens is 412 g/mol. The number of carboxylic acids is 1. The molecule has 3 aromatic rings. The highest BCUT2D eigenvalue weighted by molar-refractivity contribution is 7.80. The number of hydrogen-bond acceptors (Lipinski definition) is 4. The average molecular weight is 437 g/mol. The van der Waals surface area contributed by atoms with Crippen molar-refractivity contribution < 1.29 is 15.0 Å². The molecule has 3 N–H and O–H groups in total. The normalized spacial score (nSPS) is 18.3. The Labute approximate surface area is 186 Å². The quantitative estimate of drug-likeness (QED) is 0.512. The Hall–Kier alpha value is -3.23. The molecule has 1 aromatic carbocycles. The van der Waals surface area contributed by atoms with E-state index in [1.807, 2.05) is 43.0 Å². The van der Waals surface area contributed by atoms with E-state index in [1.165, 1.54) is 0 Å². The number of aryl methyl sites for hydroxylation is 1. The largest absolute Gasteiger partial charge is 0.478 e. The second-order valence-corrected chi connectivity index (χ2v) is 7.95. The number of nitrogens with one attached hydrogen (secondary N) is 1. The summed E-state index contributed by atoms with van der Waals surface area (Å²) >= 11 is 5.59. The molecule has 1 aliphatic heterocycles. The van der Waals surface area contributed by atoms with E-state index in [0.717, 1.165) is 28.3 Å². The molecule has 8 heteroatoms. The molecule has 3 heterocycles. The fourth-order valence-electron chi connectivity index (χ4n) is 4.35. The Bertz CT molecular complexity index is 1130. The van der Waals surface area contributed by atoms with E-state index in [4.69, 9.17) is 12.2 Å². The number of aromatic carboxylic acids is 1. The minimum Gasteiger partial charge on any atom is -0.478 e. The second-order valence-electron chi connectivity index (χ2n) is 7.56. The minimum atomic E-state index is -0.959. The number of pyridine rings is 1. The van der Waals surface area contributed by atoms with Crippen molar-refractivity contribution in [3.8, 4) is 5.69 Å². The molecule has 0 aliphatic carbocycles. The lowest BCUT2D eigenvalue weighted by molar-refractivity contribution is 0.0697. The van der Waals surface area contributed by atoms with Gasteiger partial charge in [-0.1, -0.05) is 12.1 Å². The summed E-state index contributed by atoms with van der Waals surface area (Å²) in [4.78, 5) is 18.0. The van der Waals surface area contributed by atoms with Crippen LogP contribution in [0.4, 0.5) is 0 Å². The zero-order valence-corrected chi connectivity index (χ0v) is 18.1. The predicted octanol–water partition coefficient (Wildman–Crippen LogP) is 3.15. The van der Waals surface area contributed by atoms with Crippen LogP contribution in [-0.2, 0) is 0 Å². The van der Waals surface area contributed by atoms with Gasteiger partial charge in [0.05, 0.1) is 29.9 Å². The first kappa shape index (κ1) is 21.0. The van der Waals surface area contributed by atoms with Gasteiger partial charge in [-0.15, -0.1) is 0 Å². The maximum Gasteiger partial charge on any atom is 0.335 e. The van der Waals surface area contributed by atoms with Gasteiger partial charge < -0.3 is 25.0 Å². The van der Waals surface area contributed by atoms with Crippen LogP contribution in [0.2, 0.25) is 0 Å². The Morgan fingerprint density at radius 1 is 1.19 bits per heavy atom. The fraction of sp³-hybridized carbons (Fsp3) is 0.261. The third kappa shape index (κ3) is 3.80. The monoisotopic (exact) mass is 436 g/mol. The molecular formula is C23H24N4O3S. The minimum absolute atomic E-state index is 0.0212. The molecule has 0 amide bonds. The van der Waals surface area contributed by atoms with Gasteiger partial charge in [0.1, 0.15) is 0 Å². The van der Waals surface area contributed by atoms with Gasteiger partial charge in [0.2, 0.25) is 0 Å². The molecule has 0 unspecified atom stereocenters. The topological polar surface area (TPSA) is 90.6 Å². The summed E-state index contributed by atoms with van der Waals surface area (Å²) in [5.74, 6) is -0.959. The van der Waals surface area contributed by atoms with Gasteiger partial charge >= 0.3 is 5.97 Å². The van der Waals surface area contributed by atoms with Gasteiger partial charge in [-0.3, -0.25) is 4.98 Å². The summed E-state index contributed by atoms with van der Waals surface area (Å²) in [5.41, 5.74) is 4.92. The van der Waals surface area contributed by atoms with Crippen LogP contribution in [0.25, 0.3) is 5.69 Å². The van der Waals surface area contributed by atoms with Crippen LogP contribution >= 0.6 is 12.2 Å². The molecule has 1 fully saturated rings. The lowest BCUT2D eigenvalue weighted by Gasteiger charge is -2.27. The van der Waals surface area contributed by atoms with Gasteiger partial charge in [-0.25, -0.2) is 4.79 Å². The van der Waals surface area contributed by atoms with Crippen molar-refractivity contribution >= 4 is 23.3 Å². The van der Waals surface area contributed by atoms with Crippen molar-refractivity contribution in [1.82, 2.24) is 19.8 Å². The van der Waals surface area contributed by atoms with Crippen LogP contribution in [0.15, 0.2) is 54.7 Å². The smallest absolute Gasteiger partial charge is 0.335 e. The van der Waals surface area contributed by atoms with Gasteiger partial charge in [0.25, 0.3) is 0 Å². The molecule has 4 rings (SSSR count). The number of rotatable bonds is 6. The number of aliphatic hydroxyl groups excluding tert-OH is 1. The van der Waals surface area contributed by atoms with E-state index in [9.17, 15) is 15.0 Å². The summed E-state index contributed by atoms with van der Waals surface area (Å²) in [6.45, 7) is 4.39. The van der Waals surface area contributed by atoms with Crippen molar-refractivity contribution in [2.45, 2.75) is 25.9 Å². The number of benzene rings is 1. The maximum atomic E-state index is 11.5. The van der Waals surface area contributed by atoms with Crippen LogP contribution in [0, 0.1) is 13.8 Å². The molecule has 0 bridgehead atoms. The lowest BCUT2D eigenvalue weighted by atomic mass is 9.97. The third-order valence-electron chi connectivity index (χ3n) is 5.68.